The van der Waals surface area contributed by atoms with Crippen molar-refractivity contribution in [1.82, 2.24) is 0 Å². The third-order valence-corrected chi connectivity index (χ3v) is 8.56. The fraction of sp³-hybridized carbons (Fsp3) is 0.429. The molecule has 0 unspecified atom stereocenters. The van der Waals surface area contributed by atoms with Gasteiger partial charge in [-0.15, -0.1) is 0 Å². The number of carboxylic acids is 1. The number of allylic oxidation sites excluding steroid dienone is 1. The lowest BCUT2D eigenvalue weighted by Gasteiger charge is -2.50. The molecule has 2 fully saturated rings. The maximum Gasteiger partial charge on any atom is 0.335 e. The average molecular weight is 415 g/mol. The Kier molecular flexibility index (Phi) is 5.08. The van der Waals surface area contributed by atoms with Gasteiger partial charge in [0.05, 0.1) is 5.56 Å². The zero-order chi connectivity index (χ0) is 21.6. The van der Waals surface area contributed by atoms with Crippen molar-refractivity contribution in [3.8, 4) is 0 Å². The third-order valence-electron chi connectivity index (χ3n) is 8.56. The zero-order valence-corrected chi connectivity index (χ0v) is 18.1. The van der Waals surface area contributed by atoms with Gasteiger partial charge in [0.25, 0.3) is 0 Å². The molecule has 5 atom stereocenters. The van der Waals surface area contributed by atoms with E-state index >= 15 is 0 Å². The Morgan fingerprint density at radius 1 is 1.03 bits per heavy atom. The summed E-state index contributed by atoms with van der Waals surface area (Å²) in [6.45, 7) is 2.36. The van der Waals surface area contributed by atoms with Crippen LogP contribution in [0.5, 0.6) is 0 Å². The first-order chi connectivity index (χ1) is 15.0. The molecule has 0 aliphatic heterocycles. The van der Waals surface area contributed by atoms with Gasteiger partial charge in [0.1, 0.15) is 0 Å². The molecule has 3 aliphatic carbocycles. The highest BCUT2D eigenvalue weighted by Crippen LogP contribution is 2.63. The van der Waals surface area contributed by atoms with Crippen LogP contribution in [-0.2, 0) is 11.2 Å². The van der Waals surface area contributed by atoms with Crippen molar-refractivity contribution < 1.29 is 14.7 Å². The normalized spacial score (nSPS) is 31.6. The SMILES string of the molecule is C[C@]12CC[C@@H]3c4ccc(C(=O)O)cc4CC[C@H]3[C@@H]1CC[C@@H]2C(=O)/C=C/c1ccccc1. The molecule has 5 rings (SSSR count). The van der Waals surface area contributed by atoms with E-state index in [1.54, 1.807) is 6.07 Å². The van der Waals surface area contributed by atoms with E-state index < -0.39 is 5.97 Å². The highest BCUT2D eigenvalue weighted by Gasteiger charge is 2.56. The van der Waals surface area contributed by atoms with Gasteiger partial charge in [-0.05, 0) is 96.6 Å². The summed E-state index contributed by atoms with van der Waals surface area (Å²) in [6, 6.07) is 15.8. The number of rotatable bonds is 4. The Hall–Kier alpha value is -2.68. The van der Waals surface area contributed by atoms with E-state index in [9.17, 15) is 14.7 Å². The number of ketones is 1. The molecule has 160 valence electrons. The van der Waals surface area contributed by atoms with Gasteiger partial charge in [0, 0.05) is 5.92 Å². The van der Waals surface area contributed by atoms with E-state index in [0.717, 1.165) is 44.1 Å². The van der Waals surface area contributed by atoms with Crippen LogP contribution in [0.4, 0.5) is 0 Å². The van der Waals surface area contributed by atoms with Gasteiger partial charge in [-0.2, -0.15) is 0 Å². The van der Waals surface area contributed by atoms with Crippen molar-refractivity contribution >= 4 is 17.8 Å². The fourth-order valence-electron chi connectivity index (χ4n) is 7.04. The molecule has 3 aliphatic rings. The highest BCUT2D eigenvalue weighted by molar-refractivity contribution is 5.96. The molecule has 2 saturated carbocycles. The van der Waals surface area contributed by atoms with E-state index in [1.165, 1.54) is 11.1 Å². The molecule has 3 nitrogen and oxygen atoms in total. The van der Waals surface area contributed by atoms with Crippen LogP contribution in [0.25, 0.3) is 6.08 Å². The van der Waals surface area contributed by atoms with Crippen molar-refractivity contribution in [3.63, 3.8) is 0 Å². The number of fused-ring (bicyclic) bond motifs is 5. The minimum Gasteiger partial charge on any atom is -0.478 e. The van der Waals surface area contributed by atoms with Gasteiger partial charge in [-0.25, -0.2) is 4.79 Å². The molecule has 2 aromatic carbocycles. The molecule has 0 spiro atoms. The topological polar surface area (TPSA) is 54.4 Å². The van der Waals surface area contributed by atoms with Crippen molar-refractivity contribution in [2.45, 2.75) is 51.4 Å². The first-order valence-corrected chi connectivity index (χ1v) is 11.6. The Morgan fingerprint density at radius 3 is 2.61 bits per heavy atom. The smallest absolute Gasteiger partial charge is 0.335 e. The Bertz CT molecular complexity index is 1040. The summed E-state index contributed by atoms with van der Waals surface area (Å²) in [4.78, 5) is 24.6. The van der Waals surface area contributed by atoms with Gasteiger partial charge in [0.15, 0.2) is 5.78 Å². The molecular formula is C28H30O3. The van der Waals surface area contributed by atoms with Crippen molar-refractivity contribution in [2.24, 2.45) is 23.2 Å². The van der Waals surface area contributed by atoms with Gasteiger partial charge < -0.3 is 5.11 Å². The number of aromatic carboxylic acids is 1. The molecule has 0 heterocycles. The van der Waals surface area contributed by atoms with Crippen LogP contribution >= 0.6 is 0 Å². The summed E-state index contributed by atoms with van der Waals surface area (Å²) < 4.78 is 0. The molecule has 0 amide bonds. The average Bonchev–Trinajstić information content (AvgIpc) is 3.15. The number of carbonyl (C=O) groups excluding carboxylic acids is 1. The summed E-state index contributed by atoms with van der Waals surface area (Å²) >= 11 is 0. The first kappa shape index (κ1) is 20.2. The van der Waals surface area contributed by atoms with Crippen molar-refractivity contribution in [2.75, 3.05) is 0 Å². The second-order valence-electron chi connectivity index (χ2n) is 9.96. The largest absolute Gasteiger partial charge is 0.478 e. The first-order valence-electron chi connectivity index (χ1n) is 11.6. The van der Waals surface area contributed by atoms with E-state index in [2.05, 4.69) is 13.0 Å². The van der Waals surface area contributed by atoms with E-state index in [0.29, 0.717) is 23.3 Å². The number of carbonyl (C=O) groups is 2. The number of aryl methyl sites for hydroxylation is 1. The summed E-state index contributed by atoms with van der Waals surface area (Å²) in [5.41, 5.74) is 4.14. The van der Waals surface area contributed by atoms with Crippen LogP contribution in [0.15, 0.2) is 54.6 Å². The predicted octanol–water partition coefficient (Wildman–Crippen LogP) is 6.14. The highest BCUT2D eigenvalue weighted by atomic mass is 16.4. The Balaban J connectivity index is 1.36. The number of benzene rings is 2. The van der Waals surface area contributed by atoms with Crippen LogP contribution in [-0.4, -0.2) is 16.9 Å². The van der Waals surface area contributed by atoms with Crippen LogP contribution in [0.2, 0.25) is 0 Å². The van der Waals surface area contributed by atoms with Gasteiger partial charge >= 0.3 is 5.97 Å². The summed E-state index contributed by atoms with van der Waals surface area (Å²) in [6.07, 6.45) is 10.1. The van der Waals surface area contributed by atoms with Crippen molar-refractivity contribution in [1.29, 1.82) is 0 Å². The molecule has 1 N–H and O–H groups in total. The molecule has 3 heteroatoms. The standard InChI is InChI=1S/C28H30O3/c1-28-16-15-22-21-10-9-20(27(30)31)17-19(21)8-11-23(22)24(28)12-13-25(28)26(29)14-7-18-5-3-2-4-6-18/h2-7,9-10,14,17,22-25H,8,11-13,15-16H2,1H3,(H,30,31)/b14-7+/t22-,23-,24+,25-,28+/m1/s1. The lowest BCUT2D eigenvalue weighted by molar-refractivity contribution is -0.123. The third kappa shape index (κ3) is 3.44. The monoisotopic (exact) mass is 414 g/mol. The number of carboxylic acid groups (broad SMARTS) is 1. The molecule has 2 aromatic rings. The number of hydrogen-bond donors (Lipinski definition) is 1. The van der Waals surface area contributed by atoms with Gasteiger partial charge in [-0.3, -0.25) is 4.79 Å². The minimum atomic E-state index is -0.846. The molecular weight excluding hydrogens is 384 g/mol. The lowest BCUT2D eigenvalue weighted by atomic mass is 9.54. The minimum absolute atomic E-state index is 0.0811. The predicted molar refractivity (Wildman–Crippen MR) is 122 cm³/mol. The lowest BCUT2D eigenvalue weighted by Crippen LogP contribution is -2.43. The maximum absolute atomic E-state index is 13.2. The molecule has 0 aromatic heterocycles. The number of hydrogen-bond acceptors (Lipinski definition) is 2. The van der Waals surface area contributed by atoms with Crippen molar-refractivity contribution in [3.05, 3.63) is 76.9 Å². The molecule has 0 radical (unpaired) electrons. The quantitative estimate of drug-likeness (QED) is 0.612. The summed E-state index contributed by atoms with van der Waals surface area (Å²) in [7, 11) is 0. The maximum atomic E-state index is 13.2. The molecule has 0 bridgehead atoms. The van der Waals surface area contributed by atoms with Gasteiger partial charge in [-0.1, -0.05) is 49.4 Å². The second kappa shape index (κ2) is 7.78. The van der Waals surface area contributed by atoms with E-state index in [1.807, 2.05) is 48.6 Å². The Labute approximate surface area is 184 Å². The Morgan fingerprint density at radius 2 is 1.84 bits per heavy atom. The van der Waals surface area contributed by atoms with Crippen LogP contribution in [0, 0.1) is 23.2 Å². The summed E-state index contributed by atoms with van der Waals surface area (Å²) in [5, 5.41) is 9.34. The van der Waals surface area contributed by atoms with Crippen LogP contribution in [0.1, 0.15) is 72.0 Å². The van der Waals surface area contributed by atoms with E-state index in [-0.39, 0.29) is 17.1 Å². The summed E-state index contributed by atoms with van der Waals surface area (Å²) in [5.74, 6) is 1.26. The zero-order valence-electron chi connectivity index (χ0n) is 18.1. The fourth-order valence-corrected chi connectivity index (χ4v) is 7.04. The van der Waals surface area contributed by atoms with Crippen LogP contribution < -0.4 is 0 Å². The second-order valence-corrected chi connectivity index (χ2v) is 9.96. The molecule has 0 saturated heterocycles. The molecule has 31 heavy (non-hydrogen) atoms. The van der Waals surface area contributed by atoms with Crippen LogP contribution in [0.3, 0.4) is 0 Å². The van der Waals surface area contributed by atoms with E-state index in [4.69, 9.17) is 0 Å². The van der Waals surface area contributed by atoms with Gasteiger partial charge in [0.2, 0.25) is 0 Å².